The van der Waals surface area contributed by atoms with Crippen LogP contribution in [0.4, 0.5) is 0 Å². The third kappa shape index (κ3) is 2.98. The number of hydrogen-bond acceptors (Lipinski definition) is 2. The zero-order chi connectivity index (χ0) is 18.2. The number of hydrogen-bond donors (Lipinski definition) is 1. The van der Waals surface area contributed by atoms with E-state index in [0.29, 0.717) is 0 Å². The third-order valence-electron chi connectivity index (χ3n) is 4.54. The molecule has 0 fully saturated rings. The van der Waals surface area contributed by atoms with Crippen LogP contribution in [-0.4, -0.2) is 9.97 Å². The topological polar surface area (TPSA) is 41.8 Å². The van der Waals surface area contributed by atoms with Crippen LogP contribution >= 0.6 is 15.9 Å². The molecule has 2 aromatic heterocycles. The van der Waals surface area contributed by atoms with Crippen LogP contribution in [-0.2, 0) is 0 Å². The minimum atomic E-state index is 0.806. The number of H-pyrrole nitrogens is 1. The van der Waals surface area contributed by atoms with E-state index in [9.17, 15) is 0 Å². The van der Waals surface area contributed by atoms with Crippen molar-refractivity contribution in [2.24, 2.45) is 0 Å². The number of benzene rings is 3. The number of nitrogens with one attached hydrogen (secondary N) is 1. The second-order valence-electron chi connectivity index (χ2n) is 6.33. The Hall–Kier alpha value is -3.11. The molecule has 0 aliphatic rings. The summed E-state index contributed by atoms with van der Waals surface area (Å²) in [6.07, 6.45) is 0. The molecule has 5 rings (SSSR count). The quantitative estimate of drug-likeness (QED) is 0.348. The zero-order valence-corrected chi connectivity index (χ0v) is 15.9. The van der Waals surface area contributed by atoms with E-state index < -0.39 is 0 Å². The molecule has 130 valence electrons. The van der Waals surface area contributed by atoms with Crippen LogP contribution in [0.3, 0.4) is 0 Å². The number of furan rings is 1. The van der Waals surface area contributed by atoms with Gasteiger partial charge in [0.15, 0.2) is 0 Å². The number of halogens is 1. The third-order valence-corrected chi connectivity index (χ3v) is 5.07. The van der Waals surface area contributed by atoms with Crippen molar-refractivity contribution in [1.82, 2.24) is 9.97 Å². The summed E-state index contributed by atoms with van der Waals surface area (Å²) < 4.78 is 7.34. The van der Waals surface area contributed by atoms with E-state index in [-0.39, 0.29) is 0 Å². The molecule has 0 amide bonds. The maximum absolute atomic E-state index is 6.30. The van der Waals surface area contributed by atoms with Gasteiger partial charge in [0.2, 0.25) is 0 Å². The van der Waals surface area contributed by atoms with E-state index in [0.717, 1.165) is 49.5 Å². The van der Waals surface area contributed by atoms with Crippen molar-refractivity contribution in [2.45, 2.75) is 0 Å². The number of aromatic amines is 1. The molecule has 1 N–H and O–H groups in total. The first-order valence-electron chi connectivity index (χ1n) is 8.68. The lowest BCUT2D eigenvalue weighted by Crippen LogP contribution is -1.82. The van der Waals surface area contributed by atoms with Gasteiger partial charge in [-0.15, -0.1) is 0 Å². The first-order valence-corrected chi connectivity index (χ1v) is 9.47. The normalized spacial score (nSPS) is 11.1. The lowest BCUT2D eigenvalue weighted by atomic mass is 10.1. The predicted molar refractivity (Wildman–Crippen MR) is 112 cm³/mol. The molecule has 0 unspecified atom stereocenters. The first-order chi connectivity index (χ1) is 13.3. The van der Waals surface area contributed by atoms with E-state index in [2.05, 4.69) is 27.0 Å². The van der Waals surface area contributed by atoms with Crippen LogP contribution in [0.15, 0.2) is 93.8 Å². The van der Waals surface area contributed by atoms with Crippen LogP contribution in [0.2, 0.25) is 0 Å². The fourth-order valence-electron chi connectivity index (χ4n) is 3.21. The molecule has 27 heavy (non-hydrogen) atoms. The van der Waals surface area contributed by atoms with Gasteiger partial charge in [-0.1, -0.05) is 70.5 Å². The van der Waals surface area contributed by atoms with Gasteiger partial charge >= 0.3 is 0 Å². The van der Waals surface area contributed by atoms with Crippen LogP contribution in [0.25, 0.3) is 45.1 Å². The summed E-state index contributed by atoms with van der Waals surface area (Å²) in [7, 11) is 0. The van der Waals surface area contributed by atoms with E-state index in [1.807, 2.05) is 78.9 Å². The minimum Gasteiger partial charge on any atom is -0.455 e. The van der Waals surface area contributed by atoms with Crippen molar-refractivity contribution in [3.8, 4) is 34.0 Å². The Morgan fingerprint density at radius 1 is 0.778 bits per heavy atom. The zero-order valence-electron chi connectivity index (χ0n) is 14.3. The van der Waals surface area contributed by atoms with Crippen molar-refractivity contribution in [3.63, 3.8) is 0 Å². The Kier molecular flexibility index (Phi) is 3.91. The monoisotopic (exact) mass is 414 g/mol. The van der Waals surface area contributed by atoms with E-state index >= 15 is 0 Å². The standard InChI is InChI=1S/C23H15BrN2O/c24-17-12-10-16(11-13-17)22-18(14-21(27-22)15-6-2-1-3-7-15)23-25-19-8-4-5-9-20(19)26-23/h1-14H,(H,25,26). The number of fused-ring (bicyclic) bond motifs is 1. The van der Waals surface area contributed by atoms with Crippen LogP contribution in [0, 0.1) is 0 Å². The van der Waals surface area contributed by atoms with Crippen LogP contribution < -0.4 is 0 Å². The van der Waals surface area contributed by atoms with Gasteiger partial charge in [-0.2, -0.15) is 0 Å². The van der Waals surface area contributed by atoms with Gasteiger partial charge in [0.05, 0.1) is 16.6 Å². The highest BCUT2D eigenvalue weighted by Gasteiger charge is 2.18. The summed E-state index contributed by atoms with van der Waals surface area (Å²) in [6, 6.07) is 28.3. The van der Waals surface area contributed by atoms with Crippen molar-refractivity contribution in [3.05, 3.63) is 89.4 Å². The van der Waals surface area contributed by atoms with Crippen molar-refractivity contribution < 1.29 is 4.42 Å². The lowest BCUT2D eigenvalue weighted by Gasteiger charge is -2.01. The van der Waals surface area contributed by atoms with Crippen LogP contribution in [0.1, 0.15) is 0 Å². The van der Waals surface area contributed by atoms with Gasteiger partial charge in [-0.3, -0.25) is 0 Å². The maximum atomic E-state index is 6.30. The van der Waals surface area contributed by atoms with Gasteiger partial charge in [0.1, 0.15) is 17.3 Å². The molecule has 2 heterocycles. The number of imidazole rings is 1. The number of aromatic nitrogens is 2. The first kappa shape index (κ1) is 16.1. The molecular weight excluding hydrogens is 400 g/mol. The molecule has 4 heteroatoms. The number of rotatable bonds is 3. The molecular formula is C23H15BrN2O. The van der Waals surface area contributed by atoms with E-state index in [4.69, 9.17) is 9.40 Å². The summed E-state index contributed by atoms with van der Waals surface area (Å²) in [5.74, 6) is 2.43. The maximum Gasteiger partial charge on any atom is 0.145 e. The summed E-state index contributed by atoms with van der Waals surface area (Å²) in [6.45, 7) is 0. The Bertz CT molecular complexity index is 1190. The molecule has 3 nitrogen and oxygen atoms in total. The van der Waals surface area contributed by atoms with Crippen molar-refractivity contribution in [1.29, 1.82) is 0 Å². The number of nitrogens with zero attached hydrogens (tertiary/aromatic N) is 1. The van der Waals surface area contributed by atoms with Gasteiger partial charge in [0, 0.05) is 15.6 Å². The molecule has 0 bridgehead atoms. The molecule has 0 aliphatic carbocycles. The summed E-state index contributed by atoms with van der Waals surface area (Å²) in [4.78, 5) is 8.19. The molecule has 0 saturated carbocycles. The molecule has 5 aromatic rings. The summed E-state index contributed by atoms with van der Waals surface area (Å²) in [5.41, 5.74) is 4.95. The average molecular weight is 415 g/mol. The average Bonchev–Trinajstić information content (AvgIpc) is 3.33. The second-order valence-corrected chi connectivity index (χ2v) is 7.24. The van der Waals surface area contributed by atoms with Crippen molar-refractivity contribution >= 4 is 27.0 Å². The smallest absolute Gasteiger partial charge is 0.145 e. The molecule has 0 radical (unpaired) electrons. The highest BCUT2D eigenvalue weighted by Crippen LogP contribution is 2.38. The van der Waals surface area contributed by atoms with E-state index in [1.165, 1.54) is 0 Å². The SMILES string of the molecule is Brc1ccc(-c2oc(-c3ccccc3)cc2-c2nc3ccccc3[nH]2)cc1. The predicted octanol–water partition coefficient (Wildman–Crippen LogP) is 6.92. The molecule has 0 aliphatic heterocycles. The van der Waals surface area contributed by atoms with Gasteiger partial charge in [-0.05, 0) is 30.3 Å². The molecule has 0 spiro atoms. The summed E-state index contributed by atoms with van der Waals surface area (Å²) >= 11 is 3.50. The van der Waals surface area contributed by atoms with E-state index in [1.54, 1.807) is 0 Å². The Labute approximate surface area is 164 Å². The van der Waals surface area contributed by atoms with Gasteiger partial charge in [0.25, 0.3) is 0 Å². The van der Waals surface area contributed by atoms with Gasteiger partial charge < -0.3 is 9.40 Å². The Balaban J connectivity index is 1.72. The van der Waals surface area contributed by atoms with Crippen molar-refractivity contribution in [2.75, 3.05) is 0 Å². The Morgan fingerprint density at radius 3 is 2.30 bits per heavy atom. The minimum absolute atomic E-state index is 0.806. The fourth-order valence-corrected chi connectivity index (χ4v) is 3.47. The molecule has 0 saturated heterocycles. The second kappa shape index (κ2) is 6.56. The van der Waals surface area contributed by atoms with Gasteiger partial charge in [-0.25, -0.2) is 4.98 Å². The molecule has 3 aromatic carbocycles. The lowest BCUT2D eigenvalue weighted by molar-refractivity contribution is 0.598. The summed E-state index contributed by atoms with van der Waals surface area (Å²) in [5, 5.41) is 0. The number of para-hydroxylation sites is 2. The highest BCUT2D eigenvalue weighted by atomic mass is 79.9. The van der Waals surface area contributed by atoms with Crippen LogP contribution in [0.5, 0.6) is 0 Å². The largest absolute Gasteiger partial charge is 0.455 e. The molecule has 0 atom stereocenters. The fraction of sp³-hybridized carbons (Fsp3) is 0. The highest BCUT2D eigenvalue weighted by molar-refractivity contribution is 9.10. The Morgan fingerprint density at radius 2 is 1.52 bits per heavy atom.